The van der Waals surface area contributed by atoms with Gasteiger partial charge >= 0.3 is 17.8 Å². The molecule has 0 saturated heterocycles. The molecule has 1 saturated carbocycles. The summed E-state index contributed by atoms with van der Waals surface area (Å²) in [5.74, 6) is -15.6. The average Bonchev–Trinajstić information content (AvgIpc) is 3.40. The second kappa shape index (κ2) is 6.91. The van der Waals surface area contributed by atoms with E-state index < -0.39 is 39.7 Å². The summed E-state index contributed by atoms with van der Waals surface area (Å²) < 4.78 is 90.8. The lowest BCUT2D eigenvalue weighted by molar-refractivity contribution is -0.258. The van der Waals surface area contributed by atoms with Gasteiger partial charge in [-0.25, -0.2) is 0 Å². The van der Waals surface area contributed by atoms with E-state index >= 15 is 17.6 Å². The Morgan fingerprint density at radius 2 is 0.886 bits per heavy atom. The van der Waals surface area contributed by atoms with Gasteiger partial charge in [0.2, 0.25) is 0 Å². The first-order valence-electron chi connectivity index (χ1n) is 10.9. The van der Waals surface area contributed by atoms with Crippen LogP contribution in [0.5, 0.6) is 0 Å². The standard InChI is InChI=1S/C27H18F6S2/c1-23-13-17(15-9-5-3-6-10-15)34-21(23)19-20(26(30,31)27(32,33)25(19,28)29)22-24(23,2)14-18(35-22)16-11-7-4-8-12-16/h3-14H,1-2H3/t23-,24-/m1/s1. The molecule has 2 aliphatic heterocycles. The SMILES string of the molecule is C[C@@]12C=C(c3ccccc3)SC1=C1C(=C3SC(c4ccccc4)=C[C@]32C)C(F)(F)C(F)(F)C1(F)F. The van der Waals surface area contributed by atoms with Crippen LogP contribution in [0, 0.1) is 10.8 Å². The maximum Gasteiger partial charge on any atom is 0.380 e. The predicted octanol–water partition coefficient (Wildman–Crippen LogP) is 9.02. The van der Waals surface area contributed by atoms with Crippen LogP contribution in [0.4, 0.5) is 26.3 Å². The second-order valence-electron chi connectivity index (χ2n) is 9.49. The summed E-state index contributed by atoms with van der Waals surface area (Å²) in [7, 11) is 0. The normalized spacial score (nSPS) is 31.7. The Balaban J connectivity index is 1.67. The van der Waals surface area contributed by atoms with Crippen molar-refractivity contribution in [1.82, 2.24) is 0 Å². The van der Waals surface area contributed by atoms with Crippen LogP contribution in [-0.2, 0) is 0 Å². The Morgan fingerprint density at radius 3 is 1.23 bits per heavy atom. The van der Waals surface area contributed by atoms with Crippen molar-refractivity contribution in [1.29, 1.82) is 0 Å². The molecule has 180 valence electrons. The number of halogens is 6. The molecule has 2 atom stereocenters. The molecule has 35 heavy (non-hydrogen) atoms. The van der Waals surface area contributed by atoms with E-state index in [-0.39, 0.29) is 9.81 Å². The summed E-state index contributed by atoms with van der Waals surface area (Å²) in [5.41, 5.74) is -3.45. The number of allylic oxidation sites excluding steroid dienone is 6. The molecule has 0 nitrogen and oxygen atoms in total. The molecule has 4 aliphatic rings. The second-order valence-corrected chi connectivity index (χ2v) is 11.6. The minimum atomic E-state index is -5.54. The predicted molar refractivity (Wildman–Crippen MR) is 129 cm³/mol. The van der Waals surface area contributed by atoms with Crippen LogP contribution in [0.15, 0.2) is 93.8 Å². The molecule has 0 bridgehead atoms. The fourth-order valence-corrected chi connectivity index (χ4v) is 8.53. The Labute approximate surface area is 206 Å². The van der Waals surface area contributed by atoms with Crippen molar-refractivity contribution in [3.63, 3.8) is 0 Å². The number of hydrogen-bond donors (Lipinski definition) is 0. The lowest BCUT2D eigenvalue weighted by Gasteiger charge is -2.45. The molecule has 0 amide bonds. The first kappa shape index (κ1) is 23.1. The number of rotatable bonds is 2. The van der Waals surface area contributed by atoms with Gasteiger partial charge in [0.1, 0.15) is 0 Å². The summed E-state index contributed by atoms with van der Waals surface area (Å²) in [4.78, 5) is 0.896. The quantitative estimate of drug-likeness (QED) is 0.363. The highest BCUT2D eigenvalue weighted by Crippen LogP contribution is 2.78. The summed E-state index contributed by atoms with van der Waals surface area (Å²) >= 11 is 1.79. The molecule has 2 aromatic rings. The van der Waals surface area contributed by atoms with Crippen LogP contribution < -0.4 is 0 Å². The minimum Gasteiger partial charge on any atom is -0.194 e. The third-order valence-electron chi connectivity index (χ3n) is 7.52. The van der Waals surface area contributed by atoms with E-state index in [0.29, 0.717) is 20.9 Å². The van der Waals surface area contributed by atoms with Crippen LogP contribution in [0.1, 0.15) is 25.0 Å². The molecule has 2 heterocycles. The molecule has 8 heteroatoms. The summed E-state index contributed by atoms with van der Waals surface area (Å²) in [6, 6.07) is 17.9. The smallest absolute Gasteiger partial charge is 0.194 e. The van der Waals surface area contributed by atoms with Gasteiger partial charge in [-0.1, -0.05) is 110 Å². The van der Waals surface area contributed by atoms with Gasteiger partial charge in [0.05, 0.1) is 0 Å². The van der Waals surface area contributed by atoms with Crippen molar-refractivity contribution in [3.05, 3.63) is 105 Å². The van der Waals surface area contributed by atoms with E-state index in [9.17, 15) is 8.78 Å². The van der Waals surface area contributed by atoms with Gasteiger partial charge in [-0.2, -0.15) is 26.3 Å². The van der Waals surface area contributed by atoms with Crippen molar-refractivity contribution in [2.24, 2.45) is 10.8 Å². The molecule has 0 aromatic heterocycles. The largest absolute Gasteiger partial charge is 0.380 e. The van der Waals surface area contributed by atoms with Gasteiger partial charge in [0.25, 0.3) is 0 Å². The molecule has 2 aliphatic carbocycles. The van der Waals surface area contributed by atoms with Crippen molar-refractivity contribution >= 4 is 33.3 Å². The minimum absolute atomic E-state index is 0.134. The number of benzene rings is 2. The van der Waals surface area contributed by atoms with E-state index in [1.165, 1.54) is 0 Å². The first-order valence-corrected chi connectivity index (χ1v) is 12.6. The zero-order valence-corrected chi connectivity index (χ0v) is 20.1. The lowest BCUT2D eigenvalue weighted by Crippen LogP contribution is -2.47. The number of thioether (sulfide) groups is 2. The van der Waals surface area contributed by atoms with Crippen molar-refractivity contribution in [3.8, 4) is 0 Å². The van der Waals surface area contributed by atoms with Gasteiger partial charge < -0.3 is 0 Å². The van der Waals surface area contributed by atoms with Gasteiger partial charge in [-0.15, -0.1) is 0 Å². The molecular formula is C27H18F6S2. The van der Waals surface area contributed by atoms with Crippen molar-refractivity contribution < 1.29 is 26.3 Å². The summed E-state index contributed by atoms with van der Waals surface area (Å²) in [6.07, 6.45) is 3.56. The molecule has 2 aromatic carbocycles. The Kier molecular flexibility index (Phi) is 4.56. The highest BCUT2D eigenvalue weighted by molar-refractivity contribution is 8.12. The number of fused-ring (bicyclic) bond motifs is 4. The van der Waals surface area contributed by atoms with E-state index in [4.69, 9.17) is 0 Å². The van der Waals surface area contributed by atoms with Crippen molar-refractivity contribution in [2.75, 3.05) is 0 Å². The Bertz CT molecular complexity index is 1280. The average molecular weight is 521 g/mol. The molecule has 0 N–H and O–H groups in total. The zero-order valence-electron chi connectivity index (χ0n) is 18.5. The van der Waals surface area contributed by atoms with E-state index in [2.05, 4.69) is 0 Å². The monoisotopic (exact) mass is 520 g/mol. The molecule has 0 spiro atoms. The van der Waals surface area contributed by atoms with Crippen LogP contribution >= 0.6 is 23.5 Å². The molecular weight excluding hydrogens is 502 g/mol. The first-order chi connectivity index (χ1) is 16.4. The third kappa shape index (κ3) is 2.65. The van der Waals surface area contributed by atoms with Crippen LogP contribution in [0.25, 0.3) is 9.81 Å². The van der Waals surface area contributed by atoms with E-state index in [1.807, 2.05) is 0 Å². The van der Waals surface area contributed by atoms with E-state index in [0.717, 1.165) is 23.5 Å². The highest BCUT2D eigenvalue weighted by Gasteiger charge is 2.84. The van der Waals surface area contributed by atoms with Crippen LogP contribution in [0.2, 0.25) is 0 Å². The number of alkyl halides is 6. The Hall–Kier alpha value is -2.32. The van der Waals surface area contributed by atoms with Gasteiger partial charge in [-0.05, 0) is 11.1 Å². The molecule has 1 fully saturated rings. The maximum absolute atomic E-state index is 15.3. The van der Waals surface area contributed by atoms with Crippen LogP contribution in [-0.4, -0.2) is 17.8 Å². The lowest BCUT2D eigenvalue weighted by atomic mass is 9.60. The molecule has 6 rings (SSSR count). The van der Waals surface area contributed by atoms with E-state index in [1.54, 1.807) is 86.7 Å². The fourth-order valence-electron chi connectivity index (χ4n) is 5.37. The van der Waals surface area contributed by atoms with Crippen LogP contribution in [0.3, 0.4) is 0 Å². The third-order valence-corrected chi connectivity index (χ3v) is 10.3. The highest BCUT2D eigenvalue weighted by atomic mass is 32.2. The molecule has 0 unspecified atom stereocenters. The maximum atomic E-state index is 15.3. The fraction of sp³-hybridized carbons (Fsp3) is 0.259. The van der Waals surface area contributed by atoms with Gasteiger partial charge in [0.15, 0.2) is 0 Å². The zero-order chi connectivity index (χ0) is 25.0. The van der Waals surface area contributed by atoms with Crippen molar-refractivity contribution in [2.45, 2.75) is 31.6 Å². The number of hydrogen-bond acceptors (Lipinski definition) is 2. The summed E-state index contributed by atoms with van der Waals surface area (Å²) in [6.45, 7) is 3.37. The van der Waals surface area contributed by atoms with Gasteiger partial charge in [-0.3, -0.25) is 0 Å². The topological polar surface area (TPSA) is 0 Å². The van der Waals surface area contributed by atoms with Gasteiger partial charge in [0, 0.05) is 41.6 Å². The summed E-state index contributed by atoms with van der Waals surface area (Å²) in [5, 5.41) is 0. The Morgan fingerprint density at radius 1 is 0.543 bits per heavy atom. The molecule has 0 radical (unpaired) electrons.